The van der Waals surface area contributed by atoms with Crippen LogP contribution in [0.1, 0.15) is 35.2 Å². The molecule has 0 radical (unpaired) electrons. The number of halogens is 4. The average molecular weight is 531 g/mol. The number of pyridine rings is 1. The van der Waals surface area contributed by atoms with Crippen LogP contribution in [0.15, 0.2) is 35.4 Å². The largest absolute Gasteiger partial charge is 0.417 e. The highest BCUT2D eigenvalue weighted by Crippen LogP contribution is 2.34. The van der Waals surface area contributed by atoms with E-state index < -0.39 is 21.6 Å². The van der Waals surface area contributed by atoms with Crippen molar-refractivity contribution in [1.29, 1.82) is 0 Å². The van der Waals surface area contributed by atoms with Crippen molar-refractivity contribution in [3.63, 3.8) is 0 Å². The summed E-state index contributed by atoms with van der Waals surface area (Å²) in [5.41, 5.74) is 0.141. The Morgan fingerprint density at radius 2 is 1.63 bits per heavy atom. The maximum absolute atomic E-state index is 13.5. The van der Waals surface area contributed by atoms with E-state index in [1.807, 2.05) is 0 Å². The number of aromatic nitrogens is 1. The molecule has 0 bridgehead atoms. The number of nitrogens with zero attached hydrogens (tertiary/aromatic N) is 4. The smallest absolute Gasteiger partial charge is 0.371 e. The number of carbonyl (C=O) groups is 1. The highest BCUT2D eigenvalue weighted by atomic mass is 35.5. The number of hydrogen-bond acceptors (Lipinski definition) is 6. The Morgan fingerprint density at radius 1 is 0.971 bits per heavy atom. The highest BCUT2D eigenvalue weighted by Gasteiger charge is 2.33. The molecule has 1 aromatic heterocycles. The van der Waals surface area contributed by atoms with E-state index in [1.165, 1.54) is 12.1 Å². The third-order valence-corrected chi connectivity index (χ3v) is 7.73. The van der Waals surface area contributed by atoms with Gasteiger partial charge in [0.2, 0.25) is 0 Å². The van der Waals surface area contributed by atoms with E-state index in [0.717, 1.165) is 56.6 Å². The lowest BCUT2D eigenvalue weighted by Gasteiger charge is -2.37. The molecule has 0 atom stereocenters. The predicted octanol–water partition coefficient (Wildman–Crippen LogP) is 4.11. The van der Waals surface area contributed by atoms with Crippen LogP contribution in [-0.4, -0.2) is 69.7 Å². The lowest BCUT2D eigenvalue weighted by Crippen LogP contribution is -2.49. The quantitative estimate of drug-likeness (QED) is 0.592. The van der Waals surface area contributed by atoms with Crippen LogP contribution in [-0.2, 0) is 16.0 Å². The number of amides is 1. The van der Waals surface area contributed by atoms with Crippen LogP contribution in [0.4, 0.5) is 24.7 Å². The first-order valence-corrected chi connectivity index (χ1v) is 13.6. The summed E-state index contributed by atoms with van der Waals surface area (Å²) in [4.78, 5) is 23.0. The van der Waals surface area contributed by atoms with Crippen LogP contribution in [0.3, 0.4) is 0 Å². The van der Waals surface area contributed by atoms with Crippen molar-refractivity contribution in [2.24, 2.45) is 0 Å². The molecular weight excluding hydrogens is 505 g/mol. The Bertz CT molecular complexity index is 1210. The third kappa shape index (κ3) is 5.66. The molecule has 0 unspecified atom stereocenters. The molecule has 3 heterocycles. The summed E-state index contributed by atoms with van der Waals surface area (Å²) in [6.45, 7) is 2.83. The summed E-state index contributed by atoms with van der Waals surface area (Å²) >= 11 is 6.08. The average Bonchev–Trinajstić information content (AvgIpc) is 2.83. The van der Waals surface area contributed by atoms with E-state index >= 15 is 0 Å². The van der Waals surface area contributed by atoms with E-state index in [1.54, 1.807) is 15.9 Å². The summed E-state index contributed by atoms with van der Waals surface area (Å²) in [7, 11) is -3.50. The van der Waals surface area contributed by atoms with Crippen LogP contribution in [0, 0.1) is 0 Å². The molecule has 2 saturated heterocycles. The number of alkyl halides is 3. The molecule has 1 amide bonds. The molecule has 2 aromatic rings. The molecule has 0 spiro atoms. The van der Waals surface area contributed by atoms with Crippen molar-refractivity contribution in [3.8, 4) is 0 Å². The molecular formula is C23H26ClF3N4O3S. The third-order valence-electron chi connectivity index (χ3n) is 6.34. The monoisotopic (exact) mass is 530 g/mol. The van der Waals surface area contributed by atoms with Gasteiger partial charge in [0.1, 0.15) is 5.82 Å². The molecule has 2 aliphatic heterocycles. The van der Waals surface area contributed by atoms with Crippen molar-refractivity contribution < 1.29 is 26.4 Å². The van der Waals surface area contributed by atoms with E-state index in [4.69, 9.17) is 11.6 Å². The lowest BCUT2D eigenvalue weighted by atomic mass is 10.1. The normalized spacial score (nSPS) is 17.6. The maximum atomic E-state index is 13.5. The SMILES string of the molecule is CS(=O)(=O)c1ccc(N2CCCCC2)c(C(=O)N2CCN(c3ncc(C(F)(F)F)cc3Cl)CC2)c1. The number of hydrogen-bond donors (Lipinski definition) is 0. The topological polar surface area (TPSA) is 73.8 Å². The second-order valence-electron chi connectivity index (χ2n) is 8.81. The van der Waals surface area contributed by atoms with Crippen molar-refractivity contribution in [2.75, 3.05) is 55.3 Å². The van der Waals surface area contributed by atoms with Gasteiger partial charge < -0.3 is 14.7 Å². The van der Waals surface area contributed by atoms with Gasteiger partial charge in [-0.2, -0.15) is 13.2 Å². The summed E-state index contributed by atoms with van der Waals surface area (Å²) in [5, 5.41) is -0.104. The van der Waals surface area contributed by atoms with Gasteiger partial charge in [-0.05, 0) is 43.5 Å². The summed E-state index contributed by atoms with van der Waals surface area (Å²) in [6.07, 6.45) is 0.440. The Balaban J connectivity index is 1.54. The number of piperidine rings is 1. The molecule has 0 N–H and O–H groups in total. The summed E-state index contributed by atoms with van der Waals surface area (Å²) < 4.78 is 63.1. The van der Waals surface area contributed by atoms with E-state index in [0.29, 0.717) is 31.7 Å². The molecule has 2 aliphatic rings. The second kappa shape index (κ2) is 9.85. The fourth-order valence-electron chi connectivity index (χ4n) is 4.44. The number of anilines is 2. The molecule has 7 nitrogen and oxygen atoms in total. The lowest BCUT2D eigenvalue weighted by molar-refractivity contribution is -0.137. The van der Waals surface area contributed by atoms with Gasteiger partial charge in [-0.15, -0.1) is 0 Å². The Hall–Kier alpha value is -2.53. The van der Waals surface area contributed by atoms with Gasteiger partial charge in [-0.3, -0.25) is 4.79 Å². The minimum absolute atomic E-state index is 0.0842. The first-order chi connectivity index (χ1) is 16.4. The molecule has 12 heteroatoms. The van der Waals surface area contributed by atoms with Crippen LogP contribution in [0.5, 0.6) is 0 Å². The van der Waals surface area contributed by atoms with Crippen LogP contribution in [0.25, 0.3) is 0 Å². The molecule has 1 aromatic carbocycles. The van der Waals surface area contributed by atoms with Gasteiger partial charge >= 0.3 is 6.18 Å². The fraction of sp³-hybridized carbons (Fsp3) is 0.478. The van der Waals surface area contributed by atoms with E-state index in [9.17, 15) is 26.4 Å². The van der Waals surface area contributed by atoms with Gasteiger partial charge in [-0.1, -0.05) is 11.6 Å². The van der Waals surface area contributed by atoms with Crippen molar-refractivity contribution >= 4 is 38.9 Å². The Kier molecular flexibility index (Phi) is 7.19. The van der Waals surface area contributed by atoms with Gasteiger partial charge in [0.15, 0.2) is 9.84 Å². The van der Waals surface area contributed by atoms with Crippen LogP contribution < -0.4 is 9.80 Å². The minimum Gasteiger partial charge on any atom is -0.371 e. The predicted molar refractivity (Wildman–Crippen MR) is 128 cm³/mol. The first kappa shape index (κ1) is 25.6. The van der Waals surface area contributed by atoms with E-state index in [-0.39, 0.29) is 21.6 Å². The van der Waals surface area contributed by atoms with Gasteiger partial charge in [0.05, 0.1) is 21.0 Å². The Labute approximate surface area is 207 Å². The zero-order valence-electron chi connectivity index (χ0n) is 19.2. The number of piperazine rings is 1. The molecule has 35 heavy (non-hydrogen) atoms. The van der Waals surface area contributed by atoms with Crippen molar-refractivity contribution in [2.45, 2.75) is 30.3 Å². The van der Waals surface area contributed by atoms with Crippen LogP contribution in [0.2, 0.25) is 5.02 Å². The standard InChI is InChI=1S/C23H26ClF3N4O3S/c1-35(33,34)17-5-6-20(29-7-3-2-4-8-29)18(14-17)22(32)31-11-9-30(10-12-31)21-19(24)13-16(15-28-21)23(25,26)27/h5-6,13-15H,2-4,7-12H2,1H3. The summed E-state index contributed by atoms with van der Waals surface area (Å²) in [5.74, 6) is -0.0398. The van der Waals surface area contributed by atoms with Crippen molar-refractivity contribution in [3.05, 3.63) is 46.6 Å². The maximum Gasteiger partial charge on any atom is 0.417 e. The zero-order chi connectivity index (χ0) is 25.4. The first-order valence-electron chi connectivity index (χ1n) is 11.3. The molecule has 190 valence electrons. The number of carbonyl (C=O) groups excluding carboxylic acids is 1. The van der Waals surface area contributed by atoms with Crippen LogP contribution >= 0.6 is 11.6 Å². The highest BCUT2D eigenvalue weighted by molar-refractivity contribution is 7.90. The van der Waals surface area contributed by atoms with Crippen molar-refractivity contribution in [1.82, 2.24) is 9.88 Å². The second-order valence-corrected chi connectivity index (χ2v) is 11.2. The minimum atomic E-state index is -4.53. The Morgan fingerprint density at radius 3 is 2.20 bits per heavy atom. The summed E-state index contributed by atoms with van der Waals surface area (Å²) in [6, 6.07) is 5.54. The number of benzene rings is 1. The van der Waals surface area contributed by atoms with E-state index in [2.05, 4.69) is 9.88 Å². The molecule has 0 aliphatic carbocycles. The number of sulfone groups is 1. The zero-order valence-corrected chi connectivity index (χ0v) is 20.8. The molecule has 4 rings (SSSR count). The van der Waals surface area contributed by atoms with Gasteiger partial charge in [-0.25, -0.2) is 13.4 Å². The number of rotatable bonds is 4. The molecule has 2 fully saturated rings. The van der Waals surface area contributed by atoms with Gasteiger partial charge in [0.25, 0.3) is 5.91 Å². The van der Waals surface area contributed by atoms with Gasteiger partial charge in [0, 0.05) is 57.4 Å². The molecule has 0 saturated carbocycles. The fourth-order valence-corrected chi connectivity index (χ4v) is 5.37.